The summed E-state index contributed by atoms with van der Waals surface area (Å²) in [7, 11) is 0. The Morgan fingerprint density at radius 3 is 2.57 bits per heavy atom. The number of ether oxygens (including phenoxy) is 1. The molecule has 2 atom stereocenters. The minimum Gasteiger partial charge on any atom is -0.444 e. The van der Waals surface area contributed by atoms with Crippen LogP contribution in [0.3, 0.4) is 0 Å². The highest BCUT2D eigenvalue weighted by atomic mass is 35.5. The Morgan fingerprint density at radius 1 is 1.38 bits per heavy atom. The zero-order valence-corrected chi connectivity index (χ0v) is 13.0. The third-order valence-electron chi connectivity index (χ3n) is 3.20. The number of primary amides is 1. The fraction of sp³-hybridized carbons (Fsp3) is 0.467. The highest BCUT2D eigenvalue weighted by Crippen LogP contribution is 2.49. The smallest absolute Gasteiger partial charge is 0.412 e. The summed E-state index contributed by atoms with van der Waals surface area (Å²) < 4.78 is 5.19. The van der Waals surface area contributed by atoms with Crippen molar-refractivity contribution >= 4 is 29.3 Å². The molecule has 0 saturated heterocycles. The molecule has 0 radical (unpaired) electrons. The molecule has 1 aromatic rings. The van der Waals surface area contributed by atoms with Crippen LogP contribution in [-0.4, -0.2) is 17.6 Å². The summed E-state index contributed by atoms with van der Waals surface area (Å²) in [5.41, 5.74) is 6.14. The predicted octanol–water partition coefficient (Wildman–Crippen LogP) is 3.28. The third kappa shape index (κ3) is 4.11. The number of amides is 2. The van der Waals surface area contributed by atoms with Crippen LogP contribution in [-0.2, 0) is 9.53 Å². The van der Waals surface area contributed by atoms with Crippen molar-refractivity contribution in [2.75, 3.05) is 5.32 Å². The molecule has 2 amide bonds. The molecule has 0 aliphatic heterocycles. The van der Waals surface area contributed by atoms with Gasteiger partial charge in [0, 0.05) is 16.6 Å². The van der Waals surface area contributed by atoms with Crippen LogP contribution in [0.1, 0.15) is 38.7 Å². The summed E-state index contributed by atoms with van der Waals surface area (Å²) >= 11 is 6.15. The van der Waals surface area contributed by atoms with E-state index >= 15 is 0 Å². The van der Waals surface area contributed by atoms with Crippen molar-refractivity contribution in [3.05, 3.63) is 28.8 Å². The Morgan fingerprint density at radius 2 is 2.05 bits per heavy atom. The number of hydrogen-bond donors (Lipinski definition) is 2. The van der Waals surface area contributed by atoms with Gasteiger partial charge in [0.15, 0.2) is 0 Å². The number of carbonyl (C=O) groups is 2. The summed E-state index contributed by atoms with van der Waals surface area (Å²) in [5, 5.41) is 3.22. The molecule has 1 fully saturated rings. The molecule has 114 valence electrons. The van der Waals surface area contributed by atoms with Crippen LogP contribution >= 0.6 is 11.6 Å². The van der Waals surface area contributed by atoms with Crippen molar-refractivity contribution in [3.8, 4) is 0 Å². The first kappa shape index (κ1) is 15.6. The average Bonchev–Trinajstić information content (AvgIpc) is 3.09. The number of anilines is 1. The predicted molar refractivity (Wildman–Crippen MR) is 81.4 cm³/mol. The molecule has 1 aliphatic carbocycles. The zero-order chi connectivity index (χ0) is 15.8. The van der Waals surface area contributed by atoms with E-state index in [9.17, 15) is 9.59 Å². The standard InChI is InChI=1S/C15H19ClN2O3/c1-15(2,3)21-14(20)18-8-4-5-12(16)10(6-8)9-7-11(9)13(17)19/h4-6,9,11H,7H2,1-3H3,(H2,17,19)(H,18,20). The van der Waals surface area contributed by atoms with Crippen LogP contribution in [0.2, 0.25) is 5.02 Å². The Kier molecular flexibility index (Phi) is 4.14. The number of carbonyl (C=O) groups excluding carboxylic acids is 2. The Bertz CT molecular complexity index is 581. The van der Waals surface area contributed by atoms with Gasteiger partial charge >= 0.3 is 6.09 Å². The van der Waals surface area contributed by atoms with Gasteiger partial charge in [0.2, 0.25) is 5.91 Å². The second-order valence-corrected chi connectivity index (χ2v) is 6.62. The lowest BCUT2D eigenvalue weighted by molar-refractivity contribution is -0.119. The minimum absolute atomic E-state index is 0.0374. The van der Waals surface area contributed by atoms with Crippen LogP contribution in [0.4, 0.5) is 10.5 Å². The van der Waals surface area contributed by atoms with Gasteiger partial charge in [0.25, 0.3) is 0 Å². The second kappa shape index (κ2) is 5.56. The average molecular weight is 311 g/mol. The normalized spacial score (nSPS) is 20.8. The van der Waals surface area contributed by atoms with Gasteiger partial charge in [-0.15, -0.1) is 0 Å². The minimum atomic E-state index is -0.563. The molecule has 2 unspecified atom stereocenters. The molecule has 0 bridgehead atoms. The van der Waals surface area contributed by atoms with Crippen LogP contribution in [0.5, 0.6) is 0 Å². The van der Waals surface area contributed by atoms with E-state index in [1.807, 2.05) is 0 Å². The van der Waals surface area contributed by atoms with Gasteiger partial charge in [0.1, 0.15) is 5.60 Å². The largest absolute Gasteiger partial charge is 0.444 e. The Hall–Kier alpha value is -1.75. The molecule has 5 nitrogen and oxygen atoms in total. The summed E-state index contributed by atoms with van der Waals surface area (Å²) in [5.74, 6) is -0.448. The first-order valence-electron chi connectivity index (χ1n) is 6.76. The lowest BCUT2D eigenvalue weighted by atomic mass is 10.1. The van der Waals surface area contributed by atoms with E-state index in [0.29, 0.717) is 17.1 Å². The van der Waals surface area contributed by atoms with E-state index in [1.54, 1.807) is 39.0 Å². The van der Waals surface area contributed by atoms with Gasteiger partial charge in [0.05, 0.1) is 0 Å². The van der Waals surface area contributed by atoms with Crippen LogP contribution < -0.4 is 11.1 Å². The summed E-state index contributed by atoms with van der Waals surface area (Å²) in [6, 6.07) is 5.15. The van der Waals surface area contributed by atoms with Crippen LogP contribution in [0, 0.1) is 5.92 Å². The molecule has 1 aromatic carbocycles. The maximum atomic E-state index is 11.7. The highest BCUT2D eigenvalue weighted by Gasteiger charge is 2.43. The van der Waals surface area contributed by atoms with Crippen molar-refractivity contribution < 1.29 is 14.3 Å². The number of rotatable bonds is 3. The number of hydrogen-bond acceptors (Lipinski definition) is 3. The number of benzene rings is 1. The Labute approximate surface area is 128 Å². The first-order valence-corrected chi connectivity index (χ1v) is 7.14. The maximum absolute atomic E-state index is 11.7. The second-order valence-electron chi connectivity index (χ2n) is 6.21. The highest BCUT2D eigenvalue weighted by molar-refractivity contribution is 6.31. The summed E-state index contributed by atoms with van der Waals surface area (Å²) in [6.45, 7) is 5.38. The fourth-order valence-electron chi connectivity index (χ4n) is 2.18. The van der Waals surface area contributed by atoms with Crippen LogP contribution in [0.15, 0.2) is 18.2 Å². The van der Waals surface area contributed by atoms with Crippen molar-refractivity contribution in [3.63, 3.8) is 0 Å². The van der Waals surface area contributed by atoms with Gasteiger partial charge in [-0.2, -0.15) is 0 Å². The number of nitrogens with one attached hydrogen (secondary N) is 1. The van der Waals surface area contributed by atoms with E-state index in [4.69, 9.17) is 22.1 Å². The molecule has 3 N–H and O–H groups in total. The van der Waals surface area contributed by atoms with Crippen LogP contribution in [0.25, 0.3) is 0 Å². The molecule has 1 saturated carbocycles. The van der Waals surface area contributed by atoms with Gasteiger partial charge in [-0.3, -0.25) is 10.1 Å². The van der Waals surface area contributed by atoms with Crippen molar-refractivity contribution in [1.82, 2.24) is 0 Å². The van der Waals surface area contributed by atoms with Crippen molar-refractivity contribution in [1.29, 1.82) is 0 Å². The molecular formula is C15H19ClN2O3. The van der Waals surface area contributed by atoms with Gasteiger partial charge in [-0.1, -0.05) is 11.6 Å². The Balaban J connectivity index is 2.09. The van der Waals surface area contributed by atoms with E-state index in [0.717, 1.165) is 5.56 Å². The van der Waals surface area contributed by atoms with Gasteiger partial charge in [-0.05, 0) is 56.9 Å². The van der Waals surface area contributed by atoms with Gasteiger partial charge < -0.3 is 10.5 Å². The van der Waals surface area contributed by atoms with E-state index < -0.39 is 11.7 Å². The van der Waals surface area contributed by atoms with E-state index in [2.05, 4.69) is 5.32 Å². The van der Waals surface area contributed by atoms with Crippen molar-refractivity contribution in [2.45, 2.75) is 38.7 Å². The van der Waals surface area contributed by atoms with Gasteiger partial charge in [-0.25, -0.2) is 4.79 Å². The molecule has 0 heterocycles. The molecule has 0 aromatic heterocycles. The molecule has 6 heteroatoms. The summed E-state index contributed by atoms with van der Waals surface area (Å²) in [6.07, 6.45) is 0.170. The number of nitrogens with two attached hydrogens (primary N) is 1. The molecule has 0 spiro atoms. The molecule has 2 rings (SSSR count). The SMILES string of the molecule is CC(C)(C)OC(=O)Nc1ccc(Cl)c(C2CC2C(N)=O)c1. The third-order valence-corrected chi connectivity index (χ3v) is 3.54. The zero-order valence-electron chi connectivity index (χ0n) is 12.3. The maximum Gasteiger partial charge on any atom is 0.412 e. The molecule has 1 aliphatic rings. The first-order chi connectivity index (χ1) is 9.67. The lowest BCUT2D eigenvalue weighted by Gasteiger charge is -2.20. The van der Waals surface area contributed by atoms with Crippen molar-refractivity contribution in [2.24, 2.45) is 11.7 Å². The lowest BCUT2D eigenvalue weighted by Crippen LogP contribution is -2.27. The topological polar surface area (TPSA) is 81.4 Å². The fourth-order valence-corrected chi connectivity index (χ4v) is 2.44. The van der Waals surface area contributed by atoms with E-state index in [1.165, 1.54) is 0 Å². The number of halogens is 1. The molecular weight excluding hydrogens is 292 g/mol. The molecule has 21 heavy (non-hydrogen) atoms. The quantitative estimate of drug-likeness (QED) is 0.899. The summed E-state index contributed by atoms with van der Waals surface area (Å²) in [4.78, 5) is 22.9. The van der Waals surface area contributed by atoms with E-state index in [-0.39, 0.29) is 17.7 Å². The monoisotopic (exact) mass is 310 g/mol.